The molecule has 0 spiro atoms. The van der Waals surface area contributed by atoms with Gasteiger partial charge in [0.05, 0.1) is 18.4 Å². The molecule has 29 heavy (non-hydrogen) atoms. The summed E-state index contributed by atoms with van der Waals surface area (Å²) in [6.45, 7) is 3.89. The van der Waals surface area contributed by atoms with Gasteiger partial charge in [-0.1, -0.05) is 47.1 Å². The van der Waals surface area contributed by atoms with E-state index in [0.29, 0.717) is 43.2 Å². The SMILES string of the molecule is CCOC[C@@H](O)CN(Cc1ccccc1F)C[C@H]1CC(c2ccc(Cl)cc2)=NO1. The topological polar surface area (TPSA) is 54.3 Å². The second kappa shape index (κ2) is 10.7. The number of halogens is 2. The van der Waals surface area contributed by atoms with E-state index in [9.17, 15) is 9.50 Å². The van der Waals surface area contributed by atoms with Crippen molar-refractivity contribution in [1.82, 2.24) is 4.90 Å². The van der Waals surface area contributed by atoms with Crippen molar-refractivity contribution >= 4 is 17.3 Å². The maximum absolute atomic E-state index is 14.1. The predicted molar refractivity (Wildman–Crippen MR) is 112 cm³/mol. The number of aliphatic hydroxyl groups is 1. The molecule has 1 aliphatic rings. The number of ether oxygens (including phenoxy) is 1. The molecule has 0 aromatic heterocycles. The monoisotopic (exact) mass is 420 g/mol. The molecule has 2 aromatic rings. The first-order valence-electron chi connectivity index (χ1n) is 9.75. The summed E-state index contributed by atoms with van der Waals surface area (Å²) in [4.78, 5) is 7.60. The average molecular weight is 421 g/mol. The summed E-state index contributed by atoms with van der Waals surface area (Å²) in [6, 6.07) is 14.1. The maximum Gasteiger partial charge on any atom is 0.145 e. The minimum absolute atomic E-state index is 0.174. The molecule has 2 atom stereocenters. The van der Waals surface area contributed by atoms with Crippen LogP contribution < -0.4 is 0 Å². The van der Waals surface area contributed by atoms with E-state index >= 15 is 0 Å². The van der Waals surface area contributed by atoms with Crippen LogP contribution >= 0.6 is 11.6 Å². The third-order valence-electron chi connectivity index (χ3n) is 4.71. The second-order valence-corrected chi connectivity index (χ2v) is 7.51. The summed E-state index contributed by atoms with van der Waals surface area (Å²) in [5.41, 5.74) is 2.40. The number of benzene rings is 2. The molecule has 0 saturated carbocycles. The van der Waals surface area contributed by atoms with Crippen LogP contribution in [0.3, 0.4) is 0 Å². The molecule has 156 valence electrons. The van der Waals surface area contributed by atoms with Crippen LogP contribution in [0.15, 0.2) is 53.7 Å². The molecule has 0 amide bonds. The Bertz CT molecular complexity index is 816. The first-order chi connectivity index (χ1) is 14.0. The molecule has 0 fully saturated rings. The molecular formula is C22H26ClFN2O3. The molecule has 1 heterocycles. The van der Waals surface area contributed by atoms with Crippen LogP contribution in [0, 0.1) is 5.82 Å². The van der Waals surface area contributed by atoms with E-state index in [1.807, 2.05) is 36.1 Å². The van der Waals surface area contributed by atoms with Crippen LogP contribution in [-0.4, -0.2) is 54.2 Å². The lowest BCUT2D eigenvalue weighted by Crippen LogP contribution is -2.39. The van der Waals surface area contributed by atoms with Gasteiger partial charge < -0.3 is 14.7 Å². The van der Waals surface area contributed by atoms with Crippen LogP contribution in [0.4, 0.5) is 4.39 Å². The molecule has 0 aliphatic carbocycles. The minimum atomic E-state index is -0.667. The normalized spacial score (nSPS) is 17.3. The van der Waals surface area contributed by atoms with E-state index < -0.39 is 6.10 Å². The van der Waals surface area contributed by atoms with Crippen LogP contribution in [0.25, 0.3) is 0 Å². The third kappa shape index (κ3) is 6.51. The van der Waals surface area contributed by atoms with Crippen molar-refractivity contribution in [1.29, 1.82) is 0 Å². The molecule has 7 heteroatoms. The van der Waals surface area contributed by atoms with Gasteiger partial charge in [0.25, 0.3) is 0 Å². The van der Waals surface area contributed by atoms with Gasteiger partial charge in [0.1, 0.15) is 11.9 Å². The molecular weight excluding hydrogens is 395 g/mol. The zero-order valence-electron chi connectivity index (χ0n) is 16.4. The van der Waals surface area contributed by atoms with Crippen LogP contribution in [-0.2, 0) is 16.1 Å². The van der Waals surface area contributed by atoms with Gasteiger partial charge in [-0.25, -0.2) is 4.39 Å². The Morgan fingerprint density at radius 2 is 2.03 bits per heavy atom. The Labute approximate surface area is 175 Å². The van der Waals surface area contributed by atoms with Gasteiger partial charge in [-0.15, -0.1) is 0 Å². The van der Waals surface area contributed by atoms with Gasteiger partial charge in [0.2, 0.25) is 0 Å². The van der Waals surface area contributed by atoms with Gasteiger partial charge >= 0.3 is 0 Å². The molecule has 0 saturated heterocycles. The van der Waals surface area contributed by atoms with Crippen molar-refractivity contribution in [3.8, 4) is 0 Å². The first-order valence-corrected chi connectivity index (χ1v) is 10.1. The van der Waals surface area contributed by atoms with E-state index in [1.54, 1.807) is 18.2 Å². The first kappa shape index (κ1) is 21.7. The second-order valence-electron chi connectivity index (χ2n) is 7.08. The Hall–Kier alpha value is -1.99. The fourth-order valence-electron chi connectivity index (χ4n) is 3.30. The molecule has 5 nitrogen and oxygen atoms in total. The number of hydrogen-bond donors (Lipinski definition) is 1. The van der Waals surface area contributed by atoms with Crippen molar-refractivity contribution in [3.05, 3.63) is 70.5 Å². The highest BCUT2D eigenvalue weighted by molar-refractivity contribution is 6.30. The zero-order valence-corrected chi connectivity index (χ0v) is 17.2. The van der Waals surface area contributed by atoms with Crippen molar-refractivity contribution in [2.45, 2.75) is 32.1 Å². The number of rotatable bonds is 10. The van der Waals surface area contributed by atoms with Crippen LogP contribution in [0.2, 0.25) is 5.02 Å². The van der Waals surface area contributed by atoms with E-state index in [-0.39, 0.29) is 18.5 Å². The highest BCUT2D eigenvalue weighted by atomic mass is 35.5. The molecule has 0 unspecified atom stereocenters. The minimum Gasteiger partial charge on any atom is -0.390 e. The fraction of sp³-hybridized carbons (Fsp3) is 0.409. The quantitative estimate of drug-likeness (QED) is 0.634. The Morgan fingerprint density at radius 3 is 2.76 bits per heavy atom. The van der Waals surface area contributed by atoms with Gasteiger partial charge in [-0.05, 0) is 30.7 Å². The van der Waals surface area contributed by atoms with E-state index in [1.165, 1.54) is 6.07 Å². The van der Waals surface area contributed by atoms with Gasteiger partial charge in [-0.3, -0.25) is 4.90 Å². The average Bonchev–Trinajstić information content (AvgIpc) is 3.17. The van der Waals surface area contributed by atoms with Crippen molar-refractivity contribution < 1.29 is 19.1 Å². The van der Waals surface area contributed by atoms with Gasteiger partial charge in [-0.2, -0.15) is 0 Å². The Morgan fingerprint density at radius 1 is 1.28 bits per heavy atom. The zero-order chi connectivity index (χ0) is 20.6. The highest BCUT2D eigenvalue weighted by Crippen LogP contribution is 2.20. The number of aliphatic hydroxyl groups excluding tert-OH is 1. The fourth-order valence-corrected chi connectivity index (χ4v) is 3.43. The third-order valence-corrected chi connectivity index (χ3v) is 4.96. The van der Waals surface area contributed by atoms with Gasteiger partial charge in [0, 0.05) is 43.2 Å². The summed E-state index contributed by atoms with van der Waals surface area (Å²) in [5, 5.41) is 15.2. The maximum atomic E-state index is 14.1. The summed E-state index contributed by atoms with van der Waals surface area (Å²) in [6.07, 6.45) is -0.205. The number of nitrogens with zero attached hydrogens (tertiary/aromatic N) is 2. The molecule has 2 aromatic carbocycles. The molecule has 0 radical (unpaired) electrons. The Balaban J connectivity index is 1.63. The molecule has 0 bridgehead atoms. The summed E-state index contributed by atoms with van der Waals surface area (Å²) >= 11 is 5.95. The van der Waals surface area contributed by atoms with E-state index in [4.69, 9.17) is 21.2 Å². The Kier molecular flexibility index (Phi) is 8.00. The molecule has 3 rings (SSSR count). The van der Waals surface area contributed by atoms with E-state index in [2.05, 4.69) is 5.16 Å². The lowest BCUT2D eigenvalue weighted by molar-refractivity contribution is 0.000247. The largest absolute Gasteiger partial charge is 0.390 e. The highest BCUT2D eigenvalue weighted by Gasteiger charge is 2.26. The number of oxime groups is 1. The van der Waals surface area contributed by atoms with Crippen molar-refractivity contribution in [2.24, 2.45) is 5.16 Å². The van der Waals surface area contributed by atoms with Crippen molar-refractivity contribution in [2.75, 3.05) is 26.3 Å². The summed E-state index contributed by atoms with van der Waals surface area (Å²) < 4.78 is 19.5. The van der Waals surface area contributed by atoms with Crippen LogP contribution in [0.5, 0.6) is 0 Å². The predicted octanol–water partition coefficient (Wildman–Crippen LogP) is 3.87. The smallest absolute Gasteiger partial charge is 0.145 e. The molecule has 1 N–H and O–H groups in total. The number of hydrogen-bond acceptors (Lipinski definition) is 5. The summed E-state index contributed by atoms with van der Waals surface area (Å²) in [7, 11) is 0. The lowest BCUT2D eigenvalue weighted by atomic mass is 10.0. The van der Waals surface area contributed by atoms with Gasteiger partial charge in [0.15, 0.2) is 0 Å². The lowest BCUT2D eigenvalue weighted by Gasteiger charge is -2.27. The van der Waals surface area contributed by atoms with Crippen molar-refractivity contribution in [3.63, 3.8) is 0 Å². The molecule has 1 aliphatic heterocycles. The standard InChI is InChI=1S/C22H26ClFN2O3/c1-2-28-15-19(27)13-26(12-17-5-3-4-6-21(17)24)14-20-11-22(25-29-20)16-7-9-18(23)10-8-16/h3-10,19-20,27H,2,11-15H2,1H3/t19-,20+/m0/s1. The summed E-state index contributed by atoms with van der Waals surface area (Å²) in [5.74, 6) is -0.262. The van der Waals surface area contributed by atoms with Crippen LogP contribution in [0.1, 0.15) is 24.5 Å². The van der Waals surface area contributed by atoms with E-state index in [0.717, 1.165) is 11.3 Å².